The van der Waals surface area contributed by atoms with Crippen LogP contribution in [0.4, 0.5) is 0 Å². The van der Waals surface area contributed by atoms with Crippen molar-refractivity contribution in [2.24, 2.45) is 0 Å². The second-order valence-electron chi connectivity index (χ2n) is 4.43. The first kappa shape index (κ1) is 11.9. The molecule has 1 aliphatic rings. The Morgan fingerprint density at radius 2 is 1.47 bits per heavy atom. The van der Waals surface area contributed by atoms with Crippen LogP contribution in [-0.2, 0) is 0 Å². The van der Waals surface area contributed by atoms with E-state index in [-0.39, 0.29) is 6.04 Å². The molecule has 2 N–H and O–H groups in total. The third-order valence-electron chi connectivity index (χ3n) is 3.11. The van der Waals surface area contributed by atoms with E-state index in [2.05, 4.69) is 41.0 Å². The molecule has 0 amide bonds. The summed E-state index contributed by atoms with van der Waals surface area (Å²) in [5.41, 5.74) is 3.41. The van der Waals surface area contributed by atoms with Gasteiger partial charge >= 0.3 is 0 Å². The third-order valence-corrected chi connectivity index (χ3v) is 3.33. The van der Waals surface area contributed by atoms with E-state index < -0.39 is 0 Å². The molecular formula is C16H14N2S. The topological polar surface area (TPSA) is 24.1 Å². The molecule has 2 nitrogen and oxygen atoms in total. The van der Waals surface area contributed by atoms with Gasteiger partial charge in [-0.2, -0.15) is 0 Å². The Hall–Kier alpha value is -2.13. The van der Waals surface area contributed by atoms with Crippen LogP contribution in [0.5, 0.6) is 0 Å². The molecule has 1 heterocycles. The van der Waals surface area contributed by atoms with Gasteiger partial charge in [0, 0.05) is 5.70 Å². The molecule has 2 aromatic rings. The molecule has 0 saturated heterocycles. The van der Waals surface area contributed by atoms with E-state index in [4.69, 9.17) is 12.2 Å². The highest BCUT2D eigenvalue weighted by atomic mass is 32.1. The molecule has 0 fully saturated rings. The van der Waals surface area contributed by atoms with Crippen molar-refractivity contribution in [2.45, 2.75) is 6.04 Å². The van der Waals surface area contributed by atoms with Crippen molar-refractivity contribution in [3.63, 3.8) is 0 Å². The standard InChI is InChI=1S/C16H14N2S/c19-16-17-14(12-7-3-1-4-8-12)11-15(18-16)13-9-5-2-6-10-13/h1-11,14H,(H2,17,18,19)/t14-/m1/s1. The van der Waals surface area contributed by atoms with Crippen molar-refractivity contribution >= 4 is 23.0 Å². The summed E-state index contributed by atoms with van der Waals surface area (Å²) in [5, 5.41) is 7.15. The first-order valence-electron chi connectivity index (χ1n) is 6.22. The monoisotopic (exact) mass is 266 g/mol. The van der Waals surface area contributed by atoms with Crippen molar-refractivity contribution < 1.29 is 0 Å². The lowest BCUT2D eigenvalue weighted by molar-refractivity contribution is 0.765. The summed E-state index contributed by atoms with van der Waals surface area (Å²) in [6.07, 6.45) is 2.17. The molecule has 0 aliphatic carbocycles. The van der Waals surface area contributed by atoms with Gasteiger partial charge in [-0.25, -0.2) is 0 Å². The predicted molar refractivity (Wildman–Crippen MR) is 82.5 cm³/mol. The molecule has 1 aliphatic heterocycles. The van der Waals surface area contributed by atoms with Gasteiger partial charge in [-0.05, 0) is 29.4 Å². The summed E-state index contributed by atoms with van der Waals surface area (Å²) in [4.78, 5) is 0. The van der Waals surface area contributed by atoms with E-state index in [1.807, 2.05) is 36.4 Å². The van der Waals surface area contributed by atoms with E-state index in [0.717, 1.165) is 11.3 Å². The van der Waals surface area contributed by atoms with Gasteiger partial charge in [-0.1, -0.05) is 60.7 Å². The number of thiocarbonyl (C=S) groups is 1. The van der Waals surface area contributed by atoms with Crippen molar-refractivity contribution in [1.29, 1.82) is 0 Å². The highest BCUT2D eigenvalue weighted by Gasteiger charge is 2.17. The number of hydrogen-bond donors (Lipinski definition) is 2. The number of hydrogen-bond acceptors (Lipinski definition) is 1. The first-order valence-corrected chi connectivity index (χ1v) is 6.63. The Morgan fingerprint density at radius 3 is 2.16 bits per heavy atom. The van der Waals surface area contributed by atoms with Crippen LogP contribution in [0.15, 0.2) is 66.7 Å². The largest absolute Gasteiger partial charge is 0.352 e. The molecule has 3 heteroatoms. The fourth-order valence-electron chi connectivity index (χ4n) is 2.18. The van der Waals surface area contributed by atoms with E-state index in [1.54, 1.807) is 0 Å². The van der Waals surface area contributed by atoms with Gasteiger partial charge in [0.05, 0.1) is 6.04 Å². The Kier molecular flexibility index (Phi) is 3.29. The maximum absolute atomic E-state index is 5.30. The van der Waals surface area contributed by atoms with Gasteiger partial charge in [0.25, 0.3) is 0 Å². The maximum Gasteiger partial charge on any atom is 0.171 e. The molecule has 19 heavy (non-hydrogen) atoms. The Labute approximate surface area is 118 Å². The zero-order valence-electron chi connectivity index (χ0n) is 10.3. The molecule has 1 atom stereocenters. The van der Waals surface area contributed by atoms with Crippen LogP contribution in [-0.4, -0.2) is 5.11 Å². The Bertz CT molecular complexity index is 605. The van der Waals surface area contributed by atoms with E-state index >= 15 is 0 Å². The smallest absolute Gasteiger partial charge is 0.171 e. The summed E-state index contributed by atoms with van der Waals surface area (Å²) in [5.74, 6) is 0. The fourth-order valence-corrected chi connectivity index (χ4v) is 2.41. The Balaban J connectivity index is 1.97. The summed E-state index contributed by atoms with van der Waals surface area (Å²) in [6, 6.07) is 20.6. The van der Waals surface area contributed by atoms with E-state index in [1.165, 1.54) is 5.56 Å². The zero-order valence-corrected chi connectivity index (χ0v) is 11.2. The second kappa shape index (κ2) is 5.24. The quantitative estimate of drug-likeness (QED) is 0.816. The van der Waals surface area contributed by atoms with Crippen molar-refractivity contribution in [3.8, 4) is 0 Å². The third kappa shape index (κ3) is 2.66. The van der Waals surface area contributed by atoms with E-state index in [0.29, 0.717) is 5.11 Å². The molecule has 3 rings (SSSR count). The van der Waals surface area contributed by atoms with Crippen LogP contribution >= 0.6 is 12.2 Å². The van der Waals surface area contributed by atoms with Gasteiger partial charge in [-0.3, -0.25) is 0 Å². The minimum atomic E-state index is 0.116. The lowest BCUT2D eigenvalue weighted by atomic mass is 10.0. The van der Waals surface area contributed by atoms with Gasteiger partial charge in [0.1, 0.15) is 0 Å². The minimum Gasteiger partial charge on any atom is -0.352 e. The molecule has 0 radical (unpaired) electrons. The van der Waals surface area contributed by atoms with Crippen LogP contribution in [0, 0.1) is 0 Å². The van der Waals surface area contributed by atoms with Crippen LogP contribution in [0.25, 0.3) is 5.70 Å². The Morgan fingerprint density at radius 1 is 0.842 bits per heavy atom. The molecule has 0 spiro atoms. The maximum atomic E-state index is 5.30. The predicted octanol–water partition coefficient (Wildman–Crippen LogP) is 3.25. The molecule has 94 valence electrons. The minimum absolute atomic E-state index is 0.116. The average molecular weight is 266 g/mol. The lowest BCUT2D eigenvalue weighted by Crippen LogP contribution is -2.40. The summed E-state index contributed by atoms with van der Waals surface area (Å²) < 4.78 is 0. The highest BCUT2D eigenvalue weighted by molar-refractivity contribution is 7.80. The van der Waals surface area contributed by atoms with Crippen LogP contribution in [0.3, 0.4) is 0 Å². The molecule has 0 bridgehead atoms. The molecule has 0 unspecified atom stereocenters. The number of nitrogens with one attached hydrogen (secondary N) is 2. The normalized spacial score (nSPS) is 18.2. The molecular weight excluding hydrogens is 252 g/mol. The zero-order chi connectivity index (χ0) is 13.1. The molecule has 2 aromatic carbocycles. The number of rotatable bonds is 2. The second-order valence-corrected chi connectivity index (χ2v) is 4.84. The van der Waals surface area contributed by atoms with Crippen LogP contribution in [0.2, 0.25) is 0 Å². The van der Waals surface area contributed by atoms with E-state index in [9.17, 15) is 0 Å². The fraction of sp³-hybridized carbons (Fsp3) is 0.0625. The average Bonchev–Trinajstić information content (AvgIpc) is 2.48. The summed E-state index contributed by atoms with van der Waals surface area (Å²) in [6.45, 7) is 0. The van der Waals surface area contributed by atoms with Gasteiger partial charge in [0.2, 0.25) is 0 Å². The van der Waals surface area contributed by atoms with Crippen molar-refractivity contribution in [3.05, 3.63) is 77.9 Å². The first-order chi connectivity index (χ1) is 9.33. The van der Waals surface area contributed by atoms with Gasteiger partial charge in [-0.15, -0.1) is 0 Å². The van der Waals surface area contributed by atoms with Crippen LogP contribution < -0.4 is 10.6 Å². The van der Waals surface area contributed by atoms with Gasteiger partial charge in [0.15, 0.2) is 5.11 Å². The van der Waals surface area contributed by atoms with Crippen molar-refractivity contribution in [1.82, 2.24) is 10.6 Å². The van der Waals surface area contributed by atoms with Crippen LogP contribution in [0.1, 0.15) is 17.2 Å². The van der Waals surface area contributed by atoms with Gasteiger partial charge < -0.3 is 10.6 Å². The van der Waals surface area contributed by atoms with Crippen molar-refractivity contribution in [2.75, 3.05) is 0 Å². The molecule has 0 aromatic heterocycles. The lowest BCUT2D eigenvalue weighted by Gasteiger charge is -2.26. The summed E-state index contributed by atoms with van der Waals surface area (Å²) in [7, 11) is 0. The highest BCUT2D eigenvalue weighted by Crippen LogP contribution is 2.22. The number of benzene rings is 2. The summed E-state index contributed by atoms with van der Waals surface area (Å²) >= 11 is 5.30. The SMILES string of the molecule is S=C1NC(c2ccccc2)=C[C@H](c2ccccc2)N1. The molecule has 0 saturated carbocycles.